The fourth-order valence-electron chi connectivity index (χ4n) is 4.10. The first-order valence-corrected chi connectivity index (χ1v) is 7.34. The SMILES string of the molecule is CC(Nc1cc(N)cc([N+](=O)[O-])c1)C1CC2CCC1C2. The van der Waals surface area contributed by atoms with Gasteiger partial charge in [0, 0.05) is 29.5 Å². The molecule has 2 fully saturated rings. The van der Waals surface area contributed by atoms with Crippen molar-refractivity contribution in [3.63, 3.8) is 0 Å². The van der Waals surface area contributed by atoms with Crippen LogP contribution < -0.4 is 11.1 Å². The van der Waals surface area contributed by atoms with Crippen LogP contribution in [0.4, 0.5) is 17.1 Å². The van der Waals surface area contributed by atoms with Gasteiger partial charge >= 0.3 is 0 Å². The van der Waals surface area contributed by atoms with Crippen molar-refractivity contribution in [3.05, 3.63) is 28.3 Å². The average molecular weight is 275 g/mol. The second kappa shape index (κ2) is 4.96. The summed E-state index contributed by atoms with van der Waals surface area (Å²) >= 11 is 0. The maximum absolute atomic E-state index is 10.9. The number of hydrogen-bond acceptors (Lipinski definition) is 4. The molecule has 2 saturated carbocycles. The Labute approximate surface area is 118 Å². The molecule has 2 aliphatic carbocycles. The molecule has 0 aromatic heterocycles. The highest BCUT2D eigenvalue weighted by atomic mass is 16.6. The first-order chi connectivity index (χ1) is 9.52. The molecule has 0 amide bonds. The molecule has 4 unspecified atom stereocenters. The standard InChI is InChI=1S/C15H21N3O2/c1-9(15-5-10-2-3-11(15)4-10)17-13-6-12(16)7-14(8-13)18(19)20/h6-11,15,17H,2-5,16H2,1H3. The Balaban J connectivity index is 1.72. The number of nitrogen functional groups attached to an aromatic ring is 1. The predicted octanol–water partition coefficient (Wildman–Crippen LogP) is 3.41. The van der Waals surface area contributed by atoms with Crippen LogP contribution in [0.3, 0.4) is 0 Å². The Morgan fingerprint density at radius 1 is 1.35 bits per heavy atom. The van der Waals surface area contributed by atoms with E-state index in [4.69, 9.17) is 5.73 Å². The van der Waals surface area contributed by atoms with Crippen LogP contribution in [0.25, 0.3) is 0 Å². The topological polar surface area (TPSA) is 81.2 Å². The van der Waals surface area contributed by atoms with Gasteiger partial charge in [0.2, 0.25) is 0 Å². The number of benzene rings is 1. The zero-order valence-electron chi connectivity index (χ0n) is 11.7. The molecule has 1 aromatic rings. The Hall–Kier alpha value is -1.78. The zero-order chi connectivity index (χ0) is 14.3. The molecule has 2 bridgehead atoms. The molecule has 5 heteroatoms. The quantitative estimate of drug-likeness (QED) is 0.501. The van der Waals surface area contributed by atoms with Crippen molar-refractivity contribution in [1.29, 1.82) is 0 Å². The van der Waals surface area contributed by atoms with Crippen LogP contribution >= 0.6 is 0 Å². The average Bonchev–Trinajstić information content (AvgIpc) is 3.00. The summed E-state index contributed by atoms with van der Waals surface area (Å²) in [4.78, 5) is 10.5. The summed E-state index contributed by atoms with van der Waals surface area (Å²) in [7, 11) is 0. The fourth-order valence-corrected chi connectivity index (χ4v) is 4.10. The maximum Gasteiger partial charge on any atom is 0.273 e. The summed E-state index contributed by atoms with van der Waals surface area (Å²) in [5.74, 6) is 2.43. The Morgan fingerprint density at radius 2 is 2.15 bits per heavy atom. The van der Waals surface area contributed by atoms with Crippen molar-refractivity contribution in [2.24, 2.45) is 17.8 Å². The second-order valence-electron chi connectivity index (χ2n) is 6.34. The molecule has 0 saturated heterocycles. The van der Waals surface area contributed by atoms with E-state index in [1.165, 1.54) is 31.7 Å². The summed E-state index contributed by atoms with van der Waals surface area (Å²) in [6.45, 7) is 2.18. The highest BCUT2D eigenvalue weighted by Crippen LogP contribution is 2.49. The normalized spacial score (nSPS) is 29.4. The van der Waals surface area contributed by atoms with Crippen molar-refractivity contribution in [3.8, 4) is 0 Å². The number of fused-ring (bicyclic) bond motifs is 2. The monoisotopic (exact) mass is 275 g/mol. The van der Waals surface area contributed by atoms with Gasteiger partial charge in [0.25, 0.3) is 5.69 Å². The van der Waals surface area contributed by atoms with Crippen molar-refractivity contribution < 1.29 is 4.92 Å². The van der Waals surface area contributed by atoms with Crippen LogP contribution in [0.15, 0.2) is 18.2 Å². The number of nitro groups is 1. The van der Waals surface area contributed by atoms with Crippen molar-refractivity contribution in [1.82, 2.24) is 0 Å². The van der Waals surface area contributed by atoms with Gasteiger partial charge in [0.1, 0.15) is 0 Å². The molecule has 0 radical (unpaired) electrons. The first kappa shape index (κ1) is 13.2. The predicted molar refractivity (Wildman–Crippen MR) is 79.5 cm³/mol. The van der Waals surface area contributed by atoms with E-state index in [-0.39, 0.29) is 5.69 Å². The number of anilines is 2. The van der Waals surface area contributed by atoms with Crippen molar-refractivity contribution >= 4 is 17.1 Å². The number of rotatable bonds is 4. The summed E-state index contributed by atoms with van der Waals surface area (Å²) in [6.07, 6.45) is 5.40. The lowest BCUT2D eigenvalue weighted by Gasteiger charge is -2.29. The van der Waals surface area contributed by atoms with E-state index in [0.29, 0.717) is 17.6 Å². The molecule has 0 heterocycles. The van der Waals surface area contributed by atoms with Gasteiger partial charge in [-0.3, -0.25) is 10.1 Å². The van der Waals surface area contributed by atoms with Crippen LogP contribution in [-0.4, -0.2) is 11.0 Å². The lowest BCUT2D eigenvalue weighted by atomic mass is 9.84. The third-order valence-electron chi connectivity index (χ3n) is 4.98. The van der Waals surface area contributed by atoms with Gasteiger partial charge in [-0.2, -0.15) is 0 Å². The third-order valence-corrected chi connectivity index (χ3v) is 4.98. The smallest absolute Gasteiger partial charge is 0.273 e. The highest BCUT2D eigenvalue weighted by Gasteiger charge is 2.41. The molecule has 4 atom stereocenters. The molecule has 2 aliphatic rings. The van der Waals surface area contributed by atoms with Gasteiger partial charge in [0.15, 0.2) is 0 Å². The van der Waals surface area contributed by atoms with E-state index in [2.05, 4.69) is 12.2 Å². The summed E-state index contributed by atoms with van der Waals surface area (Å²) in [5, 5.41) is 14.3. The largest absolute Gasteiger partial charge is 0.398 e. The van der Waals surface area contributed by atoms with Gasteiger partial charge in [0.05, 0.1) is 4.92 Å². The summed E-state index contributed by atoms with van der Waals surface area (Å²) in [5.41, 5.74) is 6.98. The van der Waals surface area contributed by atoms with Crippen LogP contribution in [0, 0.1) is 27.9 Å². The van der Waals surface area contributed by atoms with Crippen LogP contribution in [0.1, 0.15) is 32.6 Å². The Morgan fingerprint density at radius 3 is 2.75 bits per heavy atom. The lowest BCUT2D eigenvalue weighted by Crippen LogP contribution is -2.29. The maximum atomic E-state index is 10.9. The van der Waals surface area contributed by atoms with Gasteiger partial charge in [-0.05, 0) is 50.0 Å². The zero-order valence-corrected chi connectivity index (χ0v) is 11.7. The molecular weight excluding hydrogens is 254 g/mol. The molecule has 5 nitrogen and oxygen atoms in total. The highest BCUT2D eigenvalue weighted by molar-refractivity contribution is 5.61. The number of nitrogens with zero attached hydrogens (tertiary/aromatic N) is 1. The Kier molecular flexibility index (Phi) is 3.28. The van der Waals surface area contributed by atoms with Crippen LogP contribution in [-0.2, 0) is 0 Å². The minimum Gasteiger partial charge on any atom is -0.398 e. The van der Waals surface area contributed by atoms with Crippen molar-refractivity contribution in [2.45, 2.75) is 38.6 Å². The van der Waals surface area contributed by atoms with Crippen LogP contribution in [0.5, 0.6) is 0 Å². The minimum atomic E-state index is -0.399. The van der Waals surface area contributed by atoms with Crippen molar-refractivity contribution in [2.75, 3.05) is 11.1 Å². The number of nitrogens with two attached hydrogens (primary N) is 1. The summed E-state index contributed by atoms with van der Waals surface area (Å²) in [6, 6.07) is 5.08. The van der Waals surface area contributed by atoms with Gasteiger partial charge in [-0.25, -0.2) is 0 Å². The molecule has 108 valence electrons. The second-order valence-corrected chi connectivity index (χ2v) is 6.34. The van der Waals surface area contributed by atoms with E-state index in [1.54, 1.807) is 12.1 Å². The van der Waals surface area contributed by atoms with Gasteiger partial charge in [-0.1, -0.05) is 6.42 Å². The van der Waals surface area contributed by atoms with E-state index >= 15 is 0 Å². The summed E-state index contributed by atoms with van der Waals surface area (Å²) < 4.78 is 0. The fraction of sp³-hybridized carbons (Fsp3) is 0.600. The number of non-ortho nitro benzene ring substituents is 1. The molecular formula is C15H21N3O2. The number of hydrogen-bond donors (Lipinski definition) is 2. The third kappa shape index (κ3) is 2.44. The molecule has 3 rings (SSSR count). The number of nitrogens with one attached hydrogen (secondary N) is 1. The molecule has 1 aromatic carbocycles. The Bertz CT molecular complexity index is 532. The molecule has 0 spiro atoms. The van der Waals surface area contributed by atoms with Gasteiger partial charge < -0.3 is 11.1 Å². The molecule has 0 aliphatic heterocycles. The molecule has 3 N–H and O–H groups in total. The van der Waals surface area contributed by atoms with E-state index in [9.17, 15) is 10.1 Å². The minimum absolute atomic E-state index is 0.0487. The molecule has 20 heavy (non-hydrogen) atoms. The first-order valence-electron chi connectivity index (χ1n) is 7.34. The number of nitro benzene ring substituents is 1. The lowest BCUT2D eigenvalue weighted by molar-refractivity contribution is -0.384. The van der Waals surface area contributed by atoms with Crippen LogP contribution in [0.2, 0.25) is 0 Å². The van der Waals surface area contributed by atoms with E-state index in [1.807, 2.05) is 0 Å². The van der Waals surface area contributed by atoms with E-state index < -0.39 is 4.92 Å². The van der Waals surface area contributed by atoms with Gasteiger partial charge in [-0.15, -0.1) is 0 Å². The van der Waals surface area contributed by atoms with E-state index in [0.717, 1.165) is 17.5 Å².